The molecule has 0 atom stereocenters. The molecule has 0 bridgehead atoms. The Labute approximate surface area is 99.4 Å². The summed E-state index contributed by atoms with van der Waals surface area (Å²) in [5, 5.41) is 0. The van der Waals surface area contributed by atoms with E-state index in [9.17, 15) is 4.79 Å². The van der Waals surface area contributed by atoms with E-state index in [-0.39, 0.29) is 5.91 Å². The highest BCUT2D eigenvalue weighted by atomic mass is 79.9. The monoisotopic (exact) mass is 269 g/mol. The van der Waals surface area contributed by atoms with Crippen LogP contribution in [0.15, 0.2) is 28.7 Å². The first-order chi connectivity index (χ1) is 7.13. The average Bonchev–Trinajstić information content (AvgIpc) is 2.22. The predicted octanol–water partition coefficient (Wildman–Crippen LogP) is 2.86. The van der Waals surface area contributed by atoms with Crippen LogP contribution in [0.1, 0.15) is 18.9 Å². The van der Waals surface area contributed by atoms with Crippen molar-refractivity contribution in [1.82, 2.24) is 4.90 Å². The molecule has 1 aromatic rings. The van der Waals surface area contributed by atoms with Crippen LogP contribution in [-0.2, 0) is 11.2 Å². The van der Waals surface area contributed by atoms with Crippen molar-refractivity contribution in [2.45, 2.75) is 19.8 Å². The Hall–Kier alpha value is -0.830. The first kappa shape index (κ1) is 12.2. The number of hydrogen-bond acceptors (Lipinski definition) is 1. The third kappa shape index (κ3) is 4.04. The quantitative estimate of drug-likeness (QED) is 0.823. The highest BCUT2D eigenvalue weighted by Gasteiger charge is 2.07. The summed E-state index contributed by atoms with van der Waals surface area (Å²) in [6, 6.07) is 7.87. The number of likely N-dealkylation sites (N-methyl/N-ethyl adjacent to an activating group) is 1. The SMILES string of the molecule is CCCN(C)C(=O)Cc1ccc(Br)cc1. The maximum Gasteiger partial charge on any atom is 0.226 e. The zero-order valence-electron chi connectivity index (χ0n) is 9.16. The summed E-state index contributed by atoms with van der Waals surface area (Å²) in [5.41, 5.74) is 1.06. The average molecular weight is 270 g/mol. The fourth-order valence-corrected chi connectivity index (χ4v) is 1.64. The van der Waals surface area contributed by atoms with E-state index in [2.05, 4.69) is 22.9 Å². The lowest BCUT2D eigenvalue weighted by molar-refractivity contribution is -0.129. The van der Waals surface area contributed by atoms with Gasteiger partial charge in [0.2, 0.25) is 5.91 Å². The van der Waals surface area contributed by atoms with E-state index < -0.39 is 0 Å². The molecule has 0 aliphatic rings. The van der Waals surface area contributed by atoms with Crippen LogP contribution in [0.5, 0.6) is 0 Å². The maximum absolute atomic E-state index is 11.7. The minimum atomic E-state index is 0.180. The number of carbonyl (C=O) groups is 1. The molecule has 0 unspecified atom stereocenters. The highest BCUT2D eigenvalue weighted by molar-refractivity contribution is 9.10. The zero-order valence-corrected chi connectivity index (χ0v) is 10.8. The van der Waals surface area contributed by atoms with E-state index >= 15 is 0 Å². The van der Waals surface area contributed by atoms with Crippen LogP contribution < -0.4 is 0 Å². The zero-order chi connectivity index (χ0) is 11.3. The highest BCUT2D eigenvalue weighted by Crippen LogP contribution is 2.11. The Kier molecular flexibility index (Phi) is 4.82. The third-order valence-corrected chi connectivity index (χ3v) is 2.78. The van der Waals surface area contributed by atoms with Crippen molar-refractivity contribution in [3.05, 3.63) is 34.3 Å². The molecule has 0 aliphatic carbocycles. The lowest BCUT2D eigenvalue weighted by Gasteiger charge is -2.15. The summed E-state index contributed by atoms with van der Waals surface area (Å²) in [6.07, 6.45) is 1.49. The first-order valence-corrected chi connectivity index (χ1v) is 5.91. The fraction of sp³-hybridized carbons (Fsp3) is 0.417. The number of nitrogens with zero attached hydrogens (tertiary/aromatic N) is 1. The van der Waals surface area contributed by atoms with Gasteiger partial charge in [-0.1, -0.05) is 35.0 Å². The fourth-order valence-electron chi connectivity index (χ4n) is 1.37. The van der Waals surface area contributed by atoms with Crippen molar-refractivity contribution in [2.75, 3.05) is 13.6 Å². The van der Waals surface area contributed by atoms with Gasteiger partial charge in [-0.05, 0) is 24.1 Å². The van der Waals surface area contributed by atoms with E-state index in [1.54, 1.807) is 4.90 Å². The molecule has 3 heteroatoms. The number of hydrogen-bond donors (Lipinski definition) is 0. The second-order valence-electron chi connectivity index (χ2n) is 3.62. The summed E-state index contributed by atoms with van der Waals surface area (Å²) >= 11 is 3.37. The Balaban J connectivity index is 2.54. The Morgan fingerprint density at radius 3 is 2.47 bits per heavy atom. The molecular formula is C12H16BrNO. The largest absolute Gasteiger partial charge is 0.345 e. The van der Waals surface area contributed by atoms with Gasteiger partial charge in [-0.2, -0.15) is 0 Å². The minimum Gasteiger partial charge on any atom is -0.345 e. The van der Waals surface area contributed by atoms with Crippen molar-refractivity contribution < 1.29 is 4.79 Å². The van der Waals surface area contributed by atoms with Crippen molar-refractivity contribution in [3.63, 3.8) is 0 Å². The van der Waals surface area contributed by atoms with Gasteiger partial charge >= 0.3 is 0 Å². The van der Waals surface area contributed by atoms with Gasteiger partial charge in [0.25, 0.3) is 0 Å². The molecule has 0 spiro atoms. The van der Waals surface area contributed by atoms with Gasteiger partial charge in [-0.3, -0.25) is 4.79 Å². The van der Waals surface area contributed by atoms with E-state index in [4.69, 9.17) is 0 Å². The molecule has 82 valence electrons. The second-order valence-corrected chi connectivity index (χ2v) is 4.53. The Morgan fingerprint density at radius 2 is 1.93 bits per heavy atom. The van der Waals surface area contributed by atoms with E-state index in [1.807, 2.05) is 31.3 Å². The van der Waals surface area contributed by atoms with Crippen molar-refractivity contribution in [3.8, 4) is 0 Å². The van der Waals surface area contributed by atoms with Crippen LogP contribution in [0.2, 0.25) is 0 Å². The molecule has 1 amide bonds. The Bertz CT molecular complexity index is 321. The first-order valence-electron chi connectivity index (χ1n) is 5.12. The summed E-state index contributed by atoms with van der Waals surface area (Å²) in [7, 11) is 1.85. The van der Waals surface area contributed by atoms with Gasteiger partial charge in [0.15, 0.2) is 0 Å². The molecule has 0 heterocycles. The summed E-state index contributed by atoms with van der Waals surface area (Å²) in [4.78, 5) is 13.5. The number of rotatable bonds is 4. The smallest absolute Gasteiger partial charge is 0.226 e. The van der Waals surface area contributed by atoms with Crippen LogP contribution in [0.25, 0.3) is 0 Å². The van der Waals surface area contributed by atoms with E-state index in [0.29, 0.717) is 6.42 Å². The van der Waals surface area contributed by atoms with Crippen LogP contribution in [-0.4, -0.2) is 24.4 Å². The molecule has 1 rings (SSSR count). The van der Waals surface area contributed by atoms with Crippen LogP contribution >= 0.6 is 15.9 Å². The molecule has 1 aromatic carbocycles. The van der Waals surface area contributed by atoms with Crippen LogP contribution in [0, 0.1) is 0 Å². The number of amides is 1. The lowest BCUT2D eigenvalue weighted by Crippen LogP contribution is -2.28. The maximum atomic E-state index is 11.7. The molecule has 0 saturated carbocycles. The molecular weight excluding hydrogens is 254 g/mol. The number of carbonyl (C=O) groups excluding carboxylic acids is 1. The Morgan fingerprint density at radius 1 is 1.33 bits per heavy atom. The van der Waals surface area contributed by atoms with Gasteiger partial charge in [-0.25, -0.2) is 0 Å². The molecule has 0 radical (unpaired) electrons. The van der Waals surface area contributed by atoms with Gasteiger partial charge in [0.05, 0.1) is 6.42 Å². The predicted molar refractivity (Wildman–Crippen MR) is 65.8 cm³/mol. The summed E-state index contributed by atoms with van der Waals surface area (Å²) in [5.74, 6) is 0.180. The standard InChI is InChI=1S/C12H16BrNO/c1-3-8-14(2)12(15)9-10-4-6-11(13)7-5-10/h4-7H,3,8-9H2,1-2H3. The van der Waals surface area contributed by atoms with Gasteiger partial charge < -0.3 is 4.90 Å². The number of benzene rings is 1. The van der Waals surface area contributed by atoms with Gasteiger partial charge in [0, 0.05) is 18.1 Å². The molecule has 15 heavy (non-hydrogen) atoms. The molecule has 0 saturated heterocycles. The molecule has 0 aliphatic heterocycles. The minimum absolute atomic E-state index is 0.180. The molecule has 0 N–H and O–H groups in total. The second kappa shape index (κ2) is 5.91. The molecule has 0 fully saturated rings. The summed E-state index contributed by atoms with van der Waals surface area (Å²) < 4.78 is 1.04. The van der Waals surface area contributed by atoms with E-state index in [0.717, 1.165) is 23.0 Å². The van der Waals surface area contributed by atoms with Gasteiger partial charge in [-0.15, -0.1) is 0 Å². The van der Waals surface area contributed by atoms with Crippen molar-refractivity contribution in [2.24, 2.45) is 0 Å². The van der Waals surface area contributed by atoms with Crippen LogP contribution in [0.4, 0.5) is 0 Å². The molecule has 2 nitrogen and oxygen atoms in total. The molecule has 0 aromatic heterocycles. The topological polar surface area (TPSA) is 20.3 Å². The third-order valence-electron chi connectivity index (χ3n) is 2.25. The van der Waals surface area contributed by atoms with Crippen molar-refractivity contribution >= 4 is 21.8 Å². The number of halogens is 1. The van der Waals surface area contributed by atoms with E-state index in [1.165, 1.54) is 0 Å². The van der Waals surface area contributed by atoms with Crippen molar-refractivity contribution in [1.29, 1.82) is 0 Å². The normalized spacial score (nSPS) is 10.1. The van der Waals surface area contributed by atoms with Gasteiger partial charge in [0.1, 0.15) is 0 Å². The summed E-state index contributed by atoms with van der Waals surface area (Å²) in [6.45, 7) is 2.90. The lowest BCUT2D eigenvalue weighted by atomic mass is 10.1. The van der Waals surface area contributed by atoms with Crippen LogP contribution in [0.3, 0.4) is 0 Å².